The first-order valence-corrected chi connectivity index (χ1v) is 3.78. The summed E-state index contributed by atoms with van der Waals surface area (Å²) in [7, 11) is 0. The van der Waals surface area contributed by atoms with E-state index < -0.39 is 0 Å². The molecular formula is C4H9O2SSe. The number of hydrogen-bond acceptors (Lipinski definition) is 3. The molecule has 0 aliphatic heterocycles. The van der Waals surface area contributed by atoms with Crippen LogP contribution in [-0.2, 0) is 0 Å². The topological polar surface area (TPSA) is 40.5 Å². The van der Waals surface area contributed by atoms with Crippen LogP contribution in [0.2, 0.25) is 4.82 Å². The van der Waals surface area contributed by atoms with E-state index in [0.29, 0.717) is 0 Å². The predicted octanol–water partition coefficient (Wildman–Crippen LogP) is -0.774. The molecule has 0 aromatic carbocycles. The summed E-state index contributed by atoms with van der Waals surface area (Å²) in [6, 6.07) is 0. The zero-order chi connectivity index (χ0) is 6.57. The van der Waals surface area contributed by atoms with Crippen LogP contribution < -0.4 is 0 Å². The maximum absolute atomic E-state index is 8.45. The van der Waals surface area contributed by atoms with Crippen molar-refractivity contribution in [2.45, 2.75) is 10.1 Å². The summed E-state index contributed by atoms with van der Waals surface area (Å²) >= 11 is 6.65. The van der Waals surface area contributed by atoms with Gasteiger partial charge in [-0.2, -0.15) is 0 Å². The summed E-state index contributed by atoms with van der Waals surface area (Å²) in [5, 5.41) is 16.7. The summed E-state index contributed by atoms with van der Waals surface area (Å²) in [5.74, 6) is 0. The second-order valence-electron chi connectivity index (χ2n) is 1.47. The molecule has 8 heavy (non-hydrogen) atoms. The number of hydrogen-bond donors (Lipinski definition) is 3. The summed E-state index contributed by atoms with van der Waals surface area (Å²) in [6.45, 7) is 0.0378. The van der Waals surface area contributed by atoms with Gasteiger partial charge in [-0.25, -0.2) is 0 Å². The fraction of sp³-hybridized carbons (Fsp3) is 1.00. The van der Waals surface area contributed by atoms with Crippen LogP contribution >= 0.6 is 12.6 Å². The molecule has 0 bridgehead atoms. The van der Waals surface area contributed by atoms with Crippen molar-refractivity contribution in [2.75, 3.05) is 13.2 Å². The zero-order valence-corrected chi connectivity index (χ0v) is 6.93. The molecule has 0 saturated carbocycles. The van der Waals surface area contributed by atoms with Crippen LogP contribution in [0.4, 0.5) is 0 Å². The number of thiol groups is 1. The molecule has 0 unspecified atom stereocenters. The fourth-order valence-corrected chi connectivity index (χ4v) is 0.514. The van der Waals surface area contributed by atoms with E-state index in [2.05, 4.69) is 28.6 Å². The molecule has 0 fully saturated rings. The fourth-order valence-electron chi connectivity index (χ4n) is 0.239. The van der Waals surface area contributed by atoms with E-state index in [1.54, 1.807) is 0 Å². The minimum atomic E-state index is -0.139. The number of aliphatic hydroxyl groups excluding tert-OH is 2. The van der Waals surface area contributed by atoms with E-state index in [0.717, 1.165) is 0 Å². The first-order chi connectivity index (χ1) is 3.72. The second kappa shape index (κ2) is 4.65. The molecule has 0 aromatic rings. The van der Waals surface area contributed by atoms with Crippen LogP contribution in [-0.4, -0.2) is 44.7 Å². The Morgan fingerprint density at radius 2 is 1.88 bits per heavy atom. The quantitative estimate of drug-likeness (QED) is 0.413. The van der Waals surface area contributed by atoms with Gasteiger partial charge in [0.2, 0.25) is 0 Å². The molecule has 2 atom stereocenters. The SMILES string of the molecule is OC[C@@H](S)[C@H]([Se])CO. The van der Waals surface area contributed by atoms with E-state index in [-0.39, 0.29) is 23.3 Å². The molecule has 1 radical (unpaired) electrons. The minimum absolute atomic E-state index is 0.00133. The molecule has 0 rings (SSSR count). The first-order valence-electron chi connectivity index (χ1n) is 2.28. The molecule has 0 spiro atoms. The normalized spacial score (nSPS) is 18.0. The Labute approximate surface area is 62.5 Å². The van der Waals surface area contributed by atoms with Crippen molar-refractivity contribution in [1.82, 2.24) is 0 Å². The molecule has 4 heteroatoms. The van der Waals surface area contributed by atoms with Gasteiger partial charge in [-0.1, -0.05) is 0 Å². The third-order valence-corrected chi connectivity index (χ3v) is 2.77. The third-order valence-electron chi connectivity index (χ3n) is 0.796. The van der Waals surface area contributed by atoms with Crippen LogP contribution in [0.5, 0.6) is 0 Å². The molecular weight excluding hydrogens is 191 g/mol. The third kappa shape index (κ3) is 2.95. The Bertz CT molecular complexity index is 54.0. The molecule has 2 N–H and O–H groups in total. The van der Waals surface area contributed by atoms with E-state index >= 15 is 0 Å². The molecule has 2 nitrogen and oxygen atoms in total. The molecule has 0 amide bonds. The van der Waals surface area contributed by atoms with Gasteiger partial charge in [0.15, 0.2) is 0 Å². The molecule has 0 aromatic heterocycles. The van der Waals surface area contributed by atoms with Crippen molar-refractivity contribution in [3.63, 3.8) is 0 Å². The Hall–Kier alpha value is 0.789. The van der Waals surface area contributed by atoms with Crippen molar-refractivity contribution < 1.29 is 10.2 Å². The van der Waals surface area contributed by atoms with Gasteiger partial charge in [-0.05, 0) is 0 Å². The predicted molar refractivity (Wildman–Crippen MR) is 36.4 cm³/mol. The second-order valence-corrected chi connectivity index (χ2v) is 3.40. The Kier molecular flexibility index (Phi) is 5.11. The van der Waals surface area contributed by atoms with Crippen LogP contribution in [0.25, 0.3) is 0 Å². The van der Waals surface area contributed by atoms with Gasteiger partial charge in [0.1, 0.15) is 0 Å². The van der Waals surface area contributed by atoms with Gasteiger partial charge in [-0.3, -0.25) is 0 Å². The zero-order valence-electron chi connectivity index (χ0n) is 4.32. The average Bonchev–Trinajstić information content (AvgIpc) is 1.84. The molecule has 0 saturated heterocycles. The standard InChI is InChI=1S/C4H9O2SSe/c5-1-3(7)4(8)2-6/h3-7H,1-2H2/t3-,4-/m1/s1. The van der Waals surface area contributed by atoms with Gasteiger partial charge >= 0.3 is 62.1 Å². The van der Waals surface area contributed by atoms with Crippen LogP contribution in [0.3, 0.4) is 0 Å². The summed E-state index contributed by atoms with van der Waals surface area (Å²) in [5.41, 5.74) is 0. The summed E-state index contributed by atoms with van der Waals surface area (Å²) in [6.07, 6.45) is 0. The Balaban J connectivity index is 3.29. The van der Waals surface area contributed by atoms with Crippen molar-refractivity contribution in [1.29, 1.82) is 0 Å². The maximum atomic E-state index is 8.45. The van der Waals surface area contributed by atoms with Crippen LogP contribution in [0.15, 0.2) is 0 Å². The van der Waals surface area contributed by atoms with E-state index in [4.69, 9.17) is 10.2 Å². The molecule has 49 valence electrons. The van der Waals surface area contributed by atoms with Crippen molar-refractivity contribution in [2.24, 2.45) is 0 Å². The van der Waals surface area contributed by atoms with Gasteiger partial charge in [0.25, 0.3) is 0 Å². The first kappa shape index (κ1) is 8.79. The van der Waals surface area contributed by atoms with Crippen molar-refractivity contribution >= 4 is 28.6 Å². The van der Waals surface area contributed by atoms with E-state index in [9.17, 15) is 0 Å². The monoisotopic (exact) mass is 201 g/mol. The van der Waals surface area contributed by atoms with Crippen molar-refractivity contribution in [3.8, 4) is 0 Å². The number of rotatable bonds is 3. The van der Waals surface area contributed by atoms with Crippen LogP contribution in [0.1, 0.15) is 0 Å². The molecule has 0 aliphatic carbocycles. The van der Waals surface area contributed by atoms with Gasteiger partial charge < -0.3 is 0 Å². The average molecular weight is 200 g/mol. The Morgan fingerprint density at radius 1 is 1.38 bits per heavy atom. The number of aliphatic hydroxyl groups is 2. The Morgan fingerprint density at radius 3 is 2.00 bits per heavy atom. The van der Waals surface area contributed by atoms with E-state index in [1.807, 2.05) is 0 Å². The molecule has 0 aliphatic rings. The summed E-state index contributed by atoms with van der Waals surface area (Å²) < 4.78 is 0. The van der Waals surface area contributed by atoms with Crippen molar-refractivity contribution in [3.05, 3.63) is 0 Å². The van der Waals surface area contributed by atoms with Gasteiger partial charge in [0, 0.05) is 0 Å². The summed E-state index contributed by atoms with van der Waals surface area (Å²) in [4.78, 5) is -0.0386. The van der Waals surface area contributed by atoms with Gasteiger partial charge in [-0.15, -0.1) is 0 Å². The van der Waals surface area contributed by atoms with E-state index in [1.165, 1.54) is 0 Å². The molecule has 0 heterocycles. The van der Waals surface area contributed by atoms with Crippen LogP contribution in [0, 0.1) is 0 Å². The van der Waals surface area contributed by atoms with Gasteiger partial charge in [0.05, 0.1) is 0 Å².